The van der Waals surface area contributed by atoms with Crippen LogP contribution in [0.3, 0.4) is 0 Å². The standard InChI is InChI=1S/C25H29F3N2O/c1-16(2)7-12-23(18-8-10-20(11-9-18)25(26,27)28)30-17(3)22(15-29)21-6-4-5-19(13-14-31)24(21)30/h8-11,14,16,19,23H,4-7,12-13H2,1-3H3/t19?,23-/m1/s1. The van der Waals surface area contributed by atoms with E-state index in [1.165, 1.54) is 0 Å². The zero-order valence-corrected chi connectivity index (χ0v) is 18.3. The molecule has 6 heteroatoms. The van der Waals surface area contributed by atoms with Gasteiger partial charge < -0.3 is 9.36 Å². The zero-order chi connectivity index (χ0) is 22.8. The minimum absolute atomic E-state index is 0.0399. The molecule has 0 N–H and O–H groups in total. The van der Waals surface area contributed by atoms with Gasteiger partial charge in [0.05, 0.1) is 17.2 Å². The number of aromatic nitrogens is 1. The number of hydrogen-bond acceptors (Lipinski definition) is 2. The highest BCUT2D eigenvalue weighted by Crippen LogP contribution is 2.42. The minimum Gasteiger partial charge on any atom is -0.340 e. The van der Waals surface area contributed by atoms with E-state index in [2.05, 4.69) is 24.5 Å². The maximum Gasteiger partial charge on any atom is 0.416 e. The molecule has 0 saturated heterocycles. The van der Waals surface area contributed by atoms with Crippen LogP contribution in [0, 0.1) is 24.2 Å². The highest BCUT2D eigenvalue weighted by atomic mass is 19.4. The third-order valence-electron chi connectivity index (χ3n) is 6.40. The Kier molecular flexibility index (Phi) is 6.93. The predicted octanol–water partition coefficient (Wildman–Crippen LogP) is 6.72. The van der Waals surface area contributed by atoms with E-state index in [0.29, 0.717) is 17.9 Å². The van der Waals surface area contributed by atoms with Crippen LogP contribution in [0.5, 0.6) is 0 Å². The summed E-state index contributed by atoms with van der Waals surface area (Å²) < 4.78 is 41.5. The number of halogens is 3. The Hall–Kier alpha value is -2.55. The maximum atomic E-state index is 13.1. The highest BCUT2D eigenvalue weighted by molar-refractivity contribution is 5.55. The van der Waals surface area contributed by atoms with E-state index in [0.717, 1.165) is 73.0 Å². The Morgan fingerprint density at radius 2 is 1.90 bits per heavy atom. The van der Waals surface area contributed by atoms with E-state index in [9.17, 15) is 23.2 Å². The maximum absolute atomic E-state index is 13.1. The molecule has 0 fully saturated rings. The number of nitrogens with zero attached hydrogens (tertiary/aromatic N) is 2. The van der Waals surface area contributed by atoms with E-state index < -0.39 is 11.7 Å². The average Bonchev–Trinajstić information content (AvgIpc) is 3.00. The Labute approximate surface area is 181 Å². The molecule has 1 aromatic heterocycles. The van der Waals surface area contributed by atoms with Crippen LogP contribution in [0.15, 0.2) is 24.3 Å². The van der Waals surface area contributed by atoms with E-state index in [4.69, 9.17) is 0 Å². The fraction of sp³-hybridized carbons (Fsp3) is 0.520. The molecule has 1 aliphatic rings. The summed E-state index contributed by atoms with van der Waals surface area (Å²) in [5.41, 5.74) is 3.68. The summed E-state index contributed by atoms with van der Waals surface area (Å²) in [5, 5.41) is 9.84. The Morgan fingerprint density at radius 3 is 2.45 bits per heavy atom. The fourth-order valence-electron chi connectivity index (χ4n) is 4.88. The Balaban J connectivity index is 2.17. The molecule has 1 heterocycles. The van der Waals surface area contributed by atoms with Gasteiger partial charge in [0.15, 0.2) is 0 Å². The van der Waals surface area contributed by atoms with Crippen molar-refractivity contribution in [3.05, 3.63) is 57.9 Å². The summed E-state index contributed by atoms with van der Waals surface area (Å²) in [6.07, 6.45) is 1.21. The summed E-state index contributed by atoms with van der Waals surface area (Å²) in [4.78, 5) is 11.4. The summed E-state index contributed by atoms with van der Waals surface area (Å²) in [5.74, 6) is 0.475. The topological polar surface area (TPSA) is 45.8 Å². The lowest BCUT2D eigenvalue weighted by Crippen LogP contribution is -2.21. The van der Waals surface area contributed by atoms with Crippen molar-refractivity contribution < 1.29 is 18.0 Å². The molecule has 1 unspecified atom stereocenters. The number of carbonyl (C=O) groups is 1. The predicted molar refractivity (Wildman–Crippen MR) is 114 cm³/mol. The molecule has 0 aliphatic heterocycles. The molecule has 0 saturated carbocycles. The van der Waals surface area contributed by atoms with Gasteiger partial charge in [0.25, 0.3) is 0 Å². The van der Waals surface area contributed by atoms with Crippen LogP contribution in [-0.2, 0) is 17.4 Å². The fourth-order valence-corrected chi connectivity index (χ4v) is 4.88. The largest absolute Gasteiger partial charge is 0.416 e. The molecule has 0 radical (unpaired) electrons. The molecule has 2 aromatic rings. The molecule has 0 bridgehead atoms. The quantitative estimate of drug-likeness (QED) is 0.458. The van der Waals surface area contributed by atoms with Crippen LogP contribution < -0.4 is 0 Å². The van der Waals surface area contributed by atoms with Crippen LogP contribution in [0.4, 0.5) is 13.2 Å². The summed E-state index contributed by atoms with van der Waals surface area (Å²) in [6.45, 7) is 6.16. The van der Waals surface area contributed by atoms with E-state index in [1.807, 2.05) is 6.92 Å². The molecule has 166 valence electrons. The van der Waals surface area contributed by atoms with Crippen LogP contribution in [-0.4, -0.2) is 10.9 Å². The Morgan fingerprint density at radius 1 is 1.23 bits per heavy atom. The van der Waals surface area contributed by atoms with Crippen LogP contribution in [0.1, 0.15) is 91.6 Å². The van der Waals surface area contributed by atoms with Crippen molar-refractivity contribution in [3.8, 4) is 6.07 Å². The molecule has 0 spiro atoms. The lowest BCUT2D eigenvalue weighted by atomic mass is 9.84. The monoisotopic (exact) mass is 430 g/mol. The third-order valence-corrected chi connectivity index (χ3v) is 6.40. The van der Waals surface area contributed by atoms with Crippen molar-refractivity contribution in [1.29, 1.82) is 5.26 Å². The van der Waals surface area contributed by atoms with Gasteiger partial charge in [-0.3, -0.25) is 0 Å². The van der Waals surface area contributed by atoms with Gasteiger partial charge in [0.1, 0.15) is 12.4 Å². The second kappa shape index (κ2) is 9.30. The molecule has 3 rings (SSSR count). The number of benzene rings is 1. The number of rotatable bonds is 7. The molecule has 1 aromatic carbocycles. The number of carbonyl (C=O) groups excluding carboxylic acids is 1. The van der Waals surface area contributed by atoms with E-state index in [1.54, 1.807) is 12.1 Å². The molecule has 1 aliphatic carbocycles. The SMILES string of the molecule is Cc1c(C#N)c2c(n1[C@H](CCC(C)C)c1ccc(C(F)(F)F)cc1)C(CC=O)CCC2. The van der Waals surface area contributed by atoms with Gasteiger partial charge in [-0.1, -0.05) is 26.0 Å². The zero-order valence-electron chi connectivity index (χ0n) is 18.3. The number of aldehydes is 1. The lowest BCUT2D eigenvalue weighted by molar-refractivity contribution is -0.137. The lowest BCUT2D eigenvalue weighted by Gasteiger charge is -2.30. The number of fused-ring (bicyclic) bond motifs is 1. The van der Waals surface area contributed by atoms with E-state index >= 15 is 0 Å². The van der Waals surface area contributed by atoms with Crippen molar-refractivity contribution in [1.82, 2.24) is 4.57 Å². The van der Waals surface area contributed by atoms with Crippen molar-refractivity contribution >= 4 is 6.29 Å². The first-order valence-corrected chi connectivity index (χ1v) is 10.9. The van der Waals surface area contributed by atoms with Crippen molar-refractivity contribution in [2.24, 2.45) is 5.92 Å². The Bertz CT molecular complexity index is 965. The van der Waals surface area contributed by atoms with Crippen molar-refractivity contribution in [3.63, 3.8) is 0 Å². The van der Waals surface area contributed by atoms with Crippen molar-refractivity contribution in [2.75, 3.05) is 0 Å². The molecule has 0 amide bonds. The molecule has 3 nitrogen and oxygen atoms in total. The summed E-state index contributed by atoms with van der Waals surface area (Å²) >= 11 is 0. The van der Waals surface area contributed by atoms with Gasteiger partial charge >= 0.3 is 6.18 Å². The molecule has 31 heavy (non-hydrogen) atoms. The number of alkyl halides is 3. The molecule has 2 atom stereocenters. The summed E-state index contributed by atoms with van der Waals surface area (Å²) in [7, 11) is 0. The first-order valence-electron chi connectivity index (χ1n) is 10.9. The van der Waals surface area contributed by atoms with Crippen LogP contribution in [0.25, 0.3) is 0 Å². The number of nitriles is 1. The van der Waals surface area contributed by atoms with Gasteiger partial charge in [-0.15, -0.1) is 0 Å². The second-order valence-corrected chi connectivity index (χ2v) is 8.90. The molecular weight excluding hydrogens is 401 g/mol. The van der Waals surface area contributed by atoms with Crippen LogP contribution >= 0.6 is 0 Å². The smallest absolute Gasteiger partial charge is 0.340 e. The normalized spacial score (nSPS) is 17.3. The molecular formula is C25H29F3N2O. The minimum atomic E-state index is -4.38. The summed E-state index contributed by atoms with van der Waals surface area (Å²) in [6, 6.07) is 7.56. The highest BCUT2D eigenvalue weighted by Gasteiger charge is 2.34. The average molecular weight is 431 g/mol. The third kappa shape index (κ3) is 4.71. The second-order valence-electron chi connectivity index (χ2n) is 8.90. The van der Waals surface area contributed by atoms with Gasteiger partial charge in [0.2, 0.25) is 0 Å². The first-order chi connectivity index (χ1) is 14.7. The first kappa shape index (κ1) is 23.1. The number of hydrogen-bond donors (Lipinski definition) is 0. The van der Waals surface area contributed by atoms with Gasteiger partial charge in [-0.05, 0) is 68.2 Å². The van der Waals surface area contributed by atoms with E-state index in [-0.39, 0.29) is 12.0 Å². The van der Waals surface area contributed by atoms with Crippen molar-refractivity contribution in [2.45, 2.75) is 77.4 Å². The van der Waals surface area contributed by atoms with Crippen LogP contribution in [0.2, 0.25) is 0 Å². The van der Waals surface area contributed by atoms with Gasteiger partial charge in [0, 0.05) is 23.7 Å². The van der Waals surface area contributed by atoms with Gasteiger partial charge in [-0.25, -0.2) is 0 Å². The van der Waals surface area contributed by atoms with Gasteiger partial charge in [-0.2, -0.15) is 18.4 Å².